The van der Waals surface area contributed by atoms with Gasteiger partial charge in [0.15, 0.2) is 0 Å². The molecule has 13 heteroatoms. The molecule has 0 spiro atoms. The van der Waals surface area contributed by atoms with Gasteiger partial charge in [-0.05, 0) is 91.1 Å². The molecule has 3 fully saturated rings. The van der Waals surface area contributed by atoms with Gasteiger partial charge >= 0.3 is 12.1 Å². The molecule has 51 heavy (non-hydrogen) atoms. The second-order valence-electron chi connectivity index (χ2n) is 17.3. The van der Waals surface area contributed by atoms with E-state index in [4.69, 9.17) is 29.3 Å². The zero-order valence-electron chi connectivity index (χ0n) is 32.1. The summed E-state index contributed by atoms with van der Waals surface area (Å²) in [5, 5.41) is 5.91. The summed E-state index contributed by atoms with van der Waals surface area (Å²) in [6.07, 6.45) is 6.86. The Bertz CT molecular complexity index is 1720. The van der Waals surface area contributed by atoms with Gasteiger partial charge in [-0.1, -0.05) is 25.7 Å². The van der Waals surface area contributed by atoms with Crippen LogP contribution in [0, 0.1) is 6.92 Å². The Kier molecular flexibility index (Phi) is 10.0. The van der Waals surface area contributed by atoms with Crippen LogP contribution in [0.15, 0.2) is 18.3 Å². The molecule has 3 saturated heterocycles. The molecule has 4 aliphatic rings. The lowest BCUT2D eigenvalue weighted by Crippen LogP contribution is -2.57. The first-order valence-electron chi connectivity index (χ1n) is 19.0. The first-order valence-corrected chi connectivity index (χ1v) is 22.7. The van der Waals surface area contributed by atoms with Gasteiger partial charge in [0.1, 0.15) is 24.8 Å². The Balaban J connectivity index is 1.15. The van der Waals surface area contributed by atoms with Gasteiger partial charge in [0, 0.05) is 51.3 Å². The average Bonchev–Trinajstić information content (AvgIpc) is 3.74. The third-order valence-corrected chi connectivity index (χ3v) is 12.7. The van der Waals surface area contributed by atoms with Crippen LogP contribution in [0.3, 0.4) is 0 Å². The molecule has 12 nitrogen and oxygen atoms in total. The number of benzene rings is 1. The quantitative estimate of drug-likeness (QED) is 0.181. The fraction of sp³-hybridized carbons (Fsp3) is 0.684. The van der Waals surface area contributed by atoms with Crippen LogP contribution in [0.5, 0.6) is 6.01 Å². The number of rotatable bonds is 10. The zero-order chi connectivity index (χ0) is 36.1. The number of likely N-dealkylation sites (tertiary alicyclic amines) is 1. The highest BCUT2D eigenvalue weighted by atomic mass is 28.3. The number of likely N-dealkylation sites (N-methyl/N-ethyl adjacent to an activating group) is 1. The number of aryl methyl sites for hydroxylation is 1. The zero-order valence-corrected chi connectivity index (χ0v) is 33.1. The smallest absolute Gasteiger partial charge is 0.410 e. The molecule has 4 aliphatic heterocycles. The fourth-order valence-corrected chi connectivity index (χ4v) is 9.01. The van der Waals surface area contributed by atoms with Crippen molar-refractivity contribution in [1.82, 2.24) is 29.5 Å². The summed E-state index contributed by atoms with van der Waals surface area (Å²) in [7, 11) is 1.01. The van der Waals surface area contributed by atoms with E-state index >= 15 is 0 Å². The minimum absolute atomic E-state index is 0.0946. The van der Waals surface area contributed by atoms with Crippen molar-refractivity contribution < 1.29 is 19.0 Å². The van der Waals surface area contributed by atoms with Crippen LogP contribution in [-0.4, -0.2) is 114 Å². The molecule has 0 radical (unpaired) electrons. The Morgan fingerprint density at radius 3 is 2.47 bits per heavy atom. The van der Waals surface area contributed by atoms with E-state index in [-0.39, 0.29) is 18.2 Å². The molecule has 1 amide bonds. The van der Waals surface area contributed by atoms with Crippen LogP contribution in [0.2, 0.25) is 25.7 Å². The lowest BCUT2D eigenvalue weighted by molar-refractivity contribution is 0.0122. The fourth-order valence-electron chi connectivity index (χ4n) is 8.26. The van der Waals surface area contributed by atoms with Crippen molar-refractivity contribution in [3.8, 4) is 6.01 Å². The first kappa shape index (κ1) is 36.0. The number of piperazine rings is 1. The largest absolute Gasteiger partial charge is 0.462 e. The van der Waals surface area contributed by atoms with E-state index in [1.165, 1.54) is 23.2 Å². The van der Waals surface area contributed by atoms with Gasteiger partial charge in [0.2, 0.25) is 0 Å². The van der Waals surface area contributed by atoms with Crippen LogP contribution in [-0.2, 0) is 29.2 Å². The standard InChI is InChI=1S/C38H58N8O4Si/c1-26-11-14-33-31(20-39-45(33)25-48-18-19-51(6,7)8)34(26)43-17-15-30-32(23-43)40-36(49-24-29-10-9-16-42(29)5)41-35(30)44-21-27-12-13-28(22-44)46(27)37(47)50-38(2,3)4/h11,14,20,27-29H,9-10,12-13,15-19,21-25H2,1-8H3/t27?,28?,29-/m0/s1. The number of nitrogens with zero attached hydrogens (tertiary/aromatic N) is 8. The minimum Gasteiger partial charge on any atom is -0.462 e. The molecule has 6 heterocycles. The van der Waals surface area contributed by atoms with Gasteiger partial charge in [-0.15, -0.1) is 0 Å². The van der Waals surface area contributed by atoms with Crippen molar-refractivity contribution >= 4 is 36.6 Å². The van der Waals surface area contributed by atoms with Crippen molar-refractivity contribution in [2.45, 2.75) is 122 Å². The third kappa shape index (κ3) is 7.85. The van der Waals surface area contributed by atoms with E-state index in [2.05, 4.69) is 60.4 Å². The van der Waals surface area contributed by atoms with Gasteiger partial charge in [-0.25, -0.2) is 9.48 Å². The van der Waals surface area contributed by atoms with E-state index in [1.54, 1.807) is 0 Å². The monoisotopic (exact) mass is 718 g/mol. The molecular weight excluding hydrogens is 661 g/mol. The van der Waals surface area contributed by atoms with Crippen molar-refractivity contribution in [1.29, 1.82) is 0 Å². The Labute approximate surface area is 304 Å². The van der Waals surface area contributed by atoms with Gasteiger partial charge in [0.25, 0.3) is 0 Å². The Hall–Kier alpha value is -3.42. The van der Waals surface area contributed by atoms with Gasteiger partial charge in [0.05, 0.1) is 41.7 Å². The highest BCUT2D eigenvalue weighted by molar-refractivity contribution is 6.76. The number of fused-ring (bicyclic) bond motifs is 4. The number of anilines is 2. The lowest BCUT2D eigenvalue weighted by Gasteiger charge is -2.43. The summed E-state index contributed by atoms with van der Waals surface area (Å²) < 4.78 is 20.3. The Morgan fingerprint density at radius 2 is 1.78 bits per heavy atom. The summed E-state index contributed by atoms with van der Waals surface area (Å²) >= 11 is 0. The van der Waals surface area contributed by atoms with Crippen molar-refractivity contribution in [2.75, 3.05) is 56.2 Å². The van der Waals surface area contributed by atoms with Crippen LogP contribution in [0.4, 0.5) is 16.3 Å². The second-order valence-corrected chi connectivity index (χ2v) is 23.0. The molecular formula is C38H58N8O4Si. The lowest BCUT2D eigenvalue weighted by atomic mass is 10.0. The first-order chi connectivity index (χ1) is 24.2. The molecule has 2 bridgehead atoms. The molecule has 2 unspecified atom stereocenters. The topological polar surface area (TPSA) is 101 Å². The molecule has 0 N–H and O–H groups in total. The molecule has 1 aromatic carbocycles. The molecule has 278 valence electrons. The average molecular weight is 719 g/mol. The third-order valence-electron chi connectivity index (χ3n) is 11.0. The normalized spacial score (nSPS) is 22.6. The van der Waals surface area contributed by atoms with Crippen LogP contribution < -0.4 is 14.5 Å². The van der Waals surface area contributed by atoms with Crippen LogP contribution >= 0.6 is 0 Å². The summed E-state index contributed by atoms with van der Waals surface area (Å²) in [5.74, 6) is 0.966. The summed E-state index contributed by atoms with van der Waals surface area (Å²) in [5.41, 5.74) is 5.19. The van der Waals surface area contributed by atoms with E-state index in [0.717, 1.165) is 86.9 Å². The highest BCUT2D eigenvalue weighted by Gasteiger charge is 2.45. The number of aromatic nitrogens is 4. The number of hydrogen-bond acceptors (Lipinski definition) is 10. The summed E-state index contributed by atoms with van der Waals surface area (Å²) in [6, 6.07) is 6.51. The SMILES string of the molecule is Cc1ccc2c(cnn2COCC[Si](C)(C)C)c1N1CCc2c(nc(OC[C@@H]3CCCN3C)nc2N2CC3CCC(C2)N3C(=O)OC(C)(C)C)C1. The van der Waals surface area contributed by atoms with Crippen molar-refractivity contribution in [2.24, 2.45) is 0 Å². The predicted molar refractivity (Wildman–Crippen MR) is 204 cm³/mol. The van der Waals surface area contributed by atoms with E-state index in [0.29, 0.717) is 31.9 Å². The number of carbonyl (C=O) groups is 1. The minimum atomic E-state index is -1.16. The maximum Gasteiger partial charge on any atom is 0.410 e. The van der Waals surface area contributed by atoms with Gasteiger partial charge < -0.3 is 28.9 Å². The van der Waals surface area contributed by atoms with Crippen LogP contribution in [0.1, 0.15) is 63.3 Å². The van der Waals surface area contributed by atoms with Gasteiger partial charge in [-0.3, -0.25) is 4.90 Å². The predicted octanol–water partition coefficient (Wildman–Crippen LogP) is 6.07. The van der Waals surface area contributed by atoms with Gasteiger partial charge in [-0.2, -0.15) is 15.1 Å². The maximum absolute atomic E-state index is 13.3. The molecule has 3 aromatic rings. The molecule has 2 aromatic heterocycles. The van der Waals surface area contributed by atoms with E-state index in [1.807, 2.05) is 36.5 Å². The van der Waals surface area contributed by atoms with E-state index in [9.17, 15) is 4.79 Å². The van der Waals surface area contributed by atoms with E-state index < -0.39 is 13.7 Å². The number of ether oxygens (including phenoxy) is 3. The number of amides is 1. The van der Waals surface area contributed by atoms with Crippen molar-refractivity contribution in [3.63, 3.8) is 0 Å². The highest BCUT2D eigenvalue weighted by Crippen LogP contribution is 2.39. The van der Waals surface area contributed by atoms with Crippen molar-refractivity contribution in [3.05, 3.63) is 35.2 Å². The number of carbonyl (C=O) groups excluding carboxylic acids is 1. The number of hydrogen-bond donors (Lipinski definition) is 0. The Morgan fingerprint density at radius 1 is 1.02 bits per heavy atom. The second kappa shape index (κ2) is 14.2. The molecule has 7 rings (SSSR count). The summed E-state index contributed by atoms with van der Waals surface area (Å²) in [4.78, 5) is 32.7. The molecule has 0 saturated carbocycles. The summed E-state index contributed by atoms with van der Waals surface area (Å²) in [6.45, 7) is 21.0. The van der Waals surface area contributed by atoms with Crippen LogP contribution in [0.25, 0.3) is 10.9 Å². The maximum atomic E-state index is 13.3. The molecule has 3 atom stereocenters. The molecule has 0 aliphatic carbocycles.